The predicted octanol–water partition coefficient (Wildman–Crippen LogP) is 0.405. The van der Waals surface area contributed by atoms with Gasteiger partial charge in [-0.1, -0.05) is 0 Å². The predicted molar refractivity (Wildman–Crippen MR) is 59.6 cm³/mol. The largest absolute Gasteiger partial charge is 0.478 e. The average molecular weight is 230 g/mol. The number of pyridine rings is 1. The summed E-state index contributed by atoms with van der Waals surface area (Å²) >= 11 is 0. The molecule has 2 rings (SSSR count). The second kappa shape index (κ2) is 4.23. The van der Waals surface area contributed by atoms with Crippen molar-refractivity contribution in [3.63, 3.8) is 0 Å². The highest BCUT2D eigenvalue weighted by atomic mass is 16.4. The van der Waals surface area contributed by atoms with Crippen molar-refractivity contribution in [3.8, 4) is 6.07 Å². The van der Waals surface area contributed by atoms with Crippen molar-refractivity contribution >= 4 is 11.5 Å². The third kappa shape index (κ3) is 1.84. The van der Waals surface area contributed by atoms with E-state index in [1.165, 1.54) is 12.3 Å². The monoisotopic (exact) mass is 230 g/mol. The number of aromatic nitrogens is 2. The quantitative estimate of drug-likeness (QED) is 0.794. The van der Waals surface area contributed by atoms with Crippen LogP contribution in [0.3, 0.4) is 0 Å². The molecule has 0 bridgehead atoms. The minimum Gasteiger partial charge on any atom is -0.478 e. The molecule has 0 fully saturated rings. The molecule has 0 saturated carbocycles. The molecule has 6 nitrogen and oxygen atoms in total. The van der Waals surface area contributed by atoms with Gasteiger partial charge in [-0.25, -0.2) is 9.78 Å². The number of hydrogen-bond acceptors (Lipinski definition) is 4. The van der Waals surface area contributed by atoms with Gasteiger partial charge in [-0.3, -0.25) is 0 Å². The zero-order valence-corrected chi connectivity index (χ0v) is 8.92. The van der Waals surface area contributed by atoms with Crippen molar-refractivity contribution in [2.75, 3.05) is 6.54 Å². The molecule has 17 heavy (non-hydrogen) atoms. The molecule has 0 spiro atoms. The molecule has 0 aromatic carbocycles. The van der Waals surface area contributed by atoms with Crippen LogP contribution in [0.2, 0.25) is 0 Å². The van der Waals surface area contributed by atoms with E-state index < -0.39 is 5.97 Å². The van der Waals surface area contributed by atoms with Crippen LogP contribution in [0.4, 0.5) is 0 Å². The van der Waals surface area contributed by atoms with Crippen molar-refractivity contribution in [2.45, 2.75) is 6.42 Å². The summed E-state index contributed by atoms with van der Waals surface area (Å²) in [6.45, 7) is 0.390. The van der Waals surface area contributed by atoms with Crippen LogP contribution in [0.15, 0.2) is 18.3 Å². The SMILES string of the molecule is N#Cc1nc(CCN)n2cc(C(=O)O)ccc12. The van der Waals surface area contributed by atoms with E-state index in [-0.39, 0.29) is 11.3 Å². The van der Waals surface area contributed by atoms with Gasteiger partial charge in [-0.05, 0) is 18.7 Å². The van der Waals surface area contributed by atoms with Crippen molar-refractivity contribution in [1.82, 2.24) is 9.38 Å². The Morgan fingerprint density at radius 3 is 2.94 bits per heavy atom. The first-order chi connectivity index (χ1) is 8.17. The second-order valence-corrected chi connectivity index (χ2v) is 3.51. The Kier molecular flexibility index (Phi) is 2.77. The Bertz CT molecular complexity index is 624. The van der Waals surface area contributed by atoms with Gasteiger partial charge < -0.3 is 15.2 Å². The Morgan fingerprint density at radius 1 is 1.59 bits per heavy atom. The molecule has 2 heterocycles. The Balaban J connectivity index is 2.69. The lowest BCUT2D eigenvalue weighted by molar-refractivity contribution is 0.0696. The Hall–Kier alpha value is -2.39. The minimum atomic E-state index is -1.02. The van der Waals surface area contributed by atoms with Crippen LogP contribution >= 0.6 is 0 Å². The summed E-state index contributed by atoms with van der Waals surface area (Å²) in [7, 11) is 0. The van der Waals surface area contributed by atoms with Crippen LogP contribution in [-0.4, -0.2) is 27.0 Å². The number of fused-ring (bicyclic) bond motifs is 1. The third-order valence-electron chi connectivity index (χ3n) is 2.43. The Labute approximate surface area is 96.9 Å². The zero-order valence-electron chi connectivity index (χ0n) is 8.92. The summed E-state index contributed by atoms with van der Waals surface area (Å²) in [5, 5.41) is 17.8. The standard InChI is InChI=1S/C11H10N4O2/c12-4-3-10-14-8(5-13)9-2-1-7(11(16)17)6-15(9)10/h1-2,6H,3-4,12H2,(H,16,17). The van der Waals surface area contributed by atoms with Gasteiger partial charge in [0, 0.05) is 12.6 Å². The van der Waals surface area contributed by atoms with Crippen LogP contribution in [0, 0.1) is 11.3 Å². The van der Waals surface area contributed by atoms with Crippen LogP contribution in [0.5, 0.6) is 0 Å². The molecule has 6 heteroatoms. The maximum absolute atomic E-state index is 10.9. The summed E-state index contributed by atoms with van der Waals surface area (Å²) in [5.41, 5.74) is 6.48. The molecule has 2 aromatic rings. The van der Waals surface area contributed by atoms with E-state index in [1.807, 2.05) is 6.07 Å². The Morgan fingerprint density at radius 2 is 2.35 bits per heavy atom. The molecule has 0 amide bonds. The number of hydrogen-bond donors (Lipinski definition) is 2. The first-order valence-electron chi connectivity index (χ1n) is 5.02. The summed E-state index contributed by atoms with van der Waals surface area (Å²) in [5.74, 6) is -0.417. The number of carboxylic acids is 1. The van der Waals surface area contributed by atoms with Gasteiger partial charge >= 0.3 is 5.97 Å². The highest BCUT2D eigenvalue weighted by Gasteiger charge is 2.12. The number of aromatic carboxylic acids is 1. The van der Waals surface area contributed by atoms with Gasteiger partial charge in [0.25, 0.3) is 0 Å². The average Bonchev–Trinajstić information content (AvgIpc) is 2.67. The lowest BCUT2D eigenvalue weighted by atomic mass is 10.2. The fraction of sp³-hybridized carbons (Fsp3) is 0.182. The highest BCUT2D eigenvalue weighted by Crippen LogP contribution is 2.14. The van der Waals surface area contributed by atoms with Crippen LogP contribution in [0.25, 0.3) is 5.52 Å². The first kappa shape index (κ1) is 11.1. The van der Waals surface area contributed by atoms with Crippen molar-refractivity contribution in [3.05, 3.63) is 35.4 Å². The van der Waals surface area contributed by atoms with Crippen molar-refractivity contribution in [1.29, 1.82) is 5.26 Å². The van der Waals surface area contributed by atoms with Crippen molar-refractivity contribution in [2.24, 2.45) is 5.73 Å². The van der Waals surface area contributed by atoms with Gasteiger partial charge in [0.2, 0.25) is 0 Å². The first-order valence-corrected chi connectivity index (χ1v) is 5.02. The number of rotatable bonds is 3. The number of nitrogens with zero attached hydrogens (tertiary/aromatic N) is 3. The van der Waals surface area contributed by atoms with E-state index in [2.05, 4.69) is 4.98 Å². The number of nitrogens with two attached hydrogens (primary N) is 1. The van der Waals surface area contributed by atoms with Gasteiger partial charge in [0.15, 0.2) is 5.69 Å². The lowest BCUT2D eigenvalue weighted by Crippen LogP contribution is -2.07. The minimum absolute atomic E-state index is 0.151. The molecule has 0 unspecified atom stereocenters. The van der Waals surface area contributed by atoms with E-state index in [9.17, 15) is 4.79 Å². The summed E-state index contributed by atoms with van der Waals surface area (Å²) in [6, 6.07) is 5.01. The van der Waals surface area contributed by atoms with E-state index in [0.29, 0.717) is 24.3 Å². The summed E-state index contributed by atoms with van der Waals surface area (Å²) in [4.78, 5) is 15.0. The summed E-state index contributed by atoms with van der Waals surface area (Å²) in [6.07, 6.45) is 1.95. The molecule has 2 aromatic heterocycles. The highest BCUT2D eigenvalue weighted by molar-refractivity contribution is 5.87. The molecule has 0 aliphatic carbocycles. The van der Waals surface area contributed by atoms with Crippen LogP contribution in [0.1, 0.15) is 21.9 Å². The fourth-order valence-electron chi connectivity index (χ4n) is 1.66. The molecule has 0 radical (unpaired) electrons. The van der Waals surface area contributed by atoms with E-state index in [0.717, 1.165) is 0 Å². The van der Waals surface area contributed by atoms with Crippen LogP contribution < -0.4 is 5.73 Å². The van der Waals surface area contributed by atoms with Crippen LogP contribution in [-0.2, 0) is 6.42 Å². The lowest BCUT2D eigenvalue weighted by Gasteiger charge is -2.00. The van der Waals surface area contributed by atoms with E-state index in [1.54, 1.807) is 10.5 Å². The van der Waals surface area contributed by atoms with Gasteiger partial charge in [-0.2, -0.15) is 5.26 Å². The molecule has 0 saturated heterocycles. The number of carbonyl (C=O) groups is 1. The smallest absolute Gasteiger partial charge is 0.337 e. The number of carboxylic acid groups (broad SMARTS) is 1. The maximum Gasteiger partial charge on any atom is 0.337 e. The maximum atomic E-state index is 10.9. The molecular weight excluding hydrogens is 220 g/mol. The molecule has 0 aliphatic heterocycles. The van der Waals surface area contributed by atoms with Gasteiger partial charge in [0.05, 0.1) is 11.1 Å². The molecule has 0 atom stereocenters. The van der Waals surface area contributed by atoms with Gasteiger partial charge in [0.1, 0.15) is 11.9 Å². The molecular formula is C11H10N4O2. The topological polar surface area (TPSA) is 104 Å². The number of imidazole rings is 1. The summed E-state index contributed by atoms with van der Waals surface area (Å²) < 4.78 is 1.61. The molecule has 3 N–H and O–H groups in total. The number of nitriles is 1. The second-order valence-electron chi connectivity index (χ2n) is 3.51. The normalized spacial score (nSPS) is 10.4. The molecule has 0 aliphatic rings. The van der Waals surface area contributed by atoms with E-state index in [4.69, 9.17) is 16.1 Å². The zero-order chi connectivity index (χ0) is 12.4. The third-order valence-corrected chi connectivity index (χ3v) is 2.43. The van der Waals surface area contributed by atoms with Gasteiger partial charge in [-0.15, -0.1) is 0 Å². The van der Waals surface area contributed by atoms with E-state index >= 15 is 0 Å². The molecule has 86 valence electrons. The van der Waals surface area contributed by atoms with Crippen molar-refractivity contribution < 1.29 is 9.90 Å². The fourth-order valence-corrected chi connectivity index (χ4v) is 1.66.